The monoisotopic (exact) mass is 391 g/mol. The van der Waals surface area contributed by atoms with Gasteiger partial charge in [0.25, 0.3) is 5.91 Å². The van der Waals surface area contributed by atoms with Crippen molar-refractivity contribution in [2.24, 2.45) is 0 Å². The third-order valence-corrected chi connectivity index (χ3v) is 4.10. The van der Waals surface area contributed by atoms with Crippen molar-refractivity contribution < 1.29 is 28.9 Å². The lowest BCUT2D eigenvalue weighted by Gasteiger charge is -2.20. The van der Waals surface area contributed by atoms with Crippen molar-refractivity contribution in [2.45, 2.75) is 6.42 Å². The molecule has 0 aromatic heterocycles. The van der Waals surface area contributed by atoms with Crippen LogP contribution in [0.5, 0.6) is 17.2 Å². The third kappa shape index (κ3) is 5.04. The van der Waals surface area contributed by atoms with Crippen LogP contribution in [0.3, 0.4) is 0 Å². The van der Waals surface area contributed by atoms with Crippen LogP contribution in [0.2, 0.25) is 5.02 Å². The minimum atomic E-state index is -1.08. The van der Waals surface area contributed by atoms with Crippen LogP contribution in [0.15, 0.2) is 36.4 Å². The van der Waals surface area contributed by atoms with Gasteiger partial charge in [0, 0.05) is 12.1 Å². The fourth-order valence-electron chi connectivity index (χ4n) is 2.60. The molecular formula is C19H18ClNO6. The Morgan fingerprint density at radius 3 is 2.81 bits per heavy atom. The van der Waals surface area contributed by atoms with Crippen molar-refractivity contribution in [3.8, 4) is 17.2 Å². The lowest BCUT2D eigenvalue weighted by atomic mass is 10.1. The van der Waals surface area contributed by atoms with Crippen molar-refractivity contribution in [1.82, 2.24) is 5.32 Å². The van der Waals surface area contributed by atoms with Gasteiger partial charge in [-0.1, -0.05) is 17.7 Å². The Morgan fingerprint density at radius 1 is 1.19 bits per heavy atom. The molecule has 0 saturated carbocycles. The fraction of sp³-hybridized carbons (Fsp3) is 0.263. The molecule has 0 aliphatic carbocycles. The number of hydrogen-bond acceptors (Lipinski definition) is 5. The summed E-state index contributed by atoms with van der Waals surface area (Å²) in [4.78, 5) is 22.8. The van der Waals surface area contributed by atoms with E-state index in [0.29, 0.717) is 54.0 Å². The Hall–Kier alpha value is -2.93. The molecule has 2 aromatic carbocycles. The van der Waals surface area contributed by atoms with Crippen molar-refractivity contribution in [3.63, 3.8) is 0 Å². The Kier molecular flexibility index (Phi) is 6.03. The molecule has 0 atom stereocenters. The Balaban J connectivity index is 1.56. The maximum atomic E-state index is 12.3. The van der Waals surface area contributed by atoms with E-state index in [-0.39, 0.29) is 5.91 Å². The van der Waals surface area contributed by atoms with Crippen molar-refractivity contribution in [2.75, 3.05) is 26.4 Å². The number of nitrogens with one attached hydrogen (secondary N) is 1. The van der Waals surface area contributed by atoms with E-state index >= 15 is 0 Å². The number of carboxylic acid groups (broad SMARTS) is 1. The smallest absolute Gasteiger partial charge is 0.341 e. The van der Waals surface area contributed by atoms with Gasteiger partial charge in [0.1, 0.15) is 19.0 Å². The molecule has 0 fully saturated rings. The number of carbonyl (C=O) groups excluding carboxylic acids is 1. The summed E-state index contributed by atoms with van der Waals surface area (Å²) in [6, 6.07) is 10.0. The number of benzene rings is 2. The average molecular weight is 392 g/mol. The minimum Gasteiger partial charge on any atom is -0.486 e. The molecule has 27 heavy (non-hydrogen) atoms. The van der Waals surface area contributed by atoms with Crippen LogP contribution in [0, 0.1) is 0 Å². The molecule has 1 heterocycles. The first-order chi connectivity index (χ1) is 13.0. The van der Waals surface area contributed by atoms with Crippen LogP contribution in [0.25, 0.3) is 0 Å². The number of carboxylic acids is 1. The summed E-state index contributed by atoms with van der Waals surface area (Å²) in [5, 5.41) is 11.9. The first-order valence-corrected chi connectivity index (χ1v) is 8.71. The van der Waals surface area contributed by atoms with Gasteiger partial charge in [-0.3, -0.25) is 4.79 Å². The molecule has 8 heteroatoms. The second-order valence-corrected chi connectivity index (χ2v) is 6.23. The molecule has 2 aromatic rings. The zero-order valence-corrected chi connectivity index (χ0v) is 15.1. The number of hydrogen-bond donors (Lipinski definition) is 2. The van der Waals surface area contributed by atoms with Crippen molar-refractivity contribution >= 4 is 23.5 Å². The number of ether oxygens (including phenoxy) is 3. The van der Waals surface area contributed by atoms with E-state index in [2.05, 4.69) is 5.32 Å². The third-order valence-electron chi connectivity index (χ3n) is 3.81. The van der Waals surface area contributed by atoms with Crippen LogP contribution in [0.1, 0.15) is 15.9 Å². The van der Waals surface area contributed by atoms with Crippen molar-refractivity contribution in [3.05, 3.63) is 52.5 Å². The van der Waals surface area contributed by atoms with E-state index < -0.39 is 12.6 Å². The molecule has 0 spiro atoms. The van der Waals surface area contributed by atoms with Gasteiger partial charge in [0.05, 0.1) is 5.02 Å². The maximum absolute atomic E-state index is 12.3. The zero-order valence-electron chi connectivity index (χ0n) is 14.4. The summed E-state index contributed by atoms with van der Waals surface area (Å²) in [5.41, 5.74) is 1.31. The van der Waals surface area contributed by atoms with Gasteiger partial charge in [-0.05, 0) is 42.3 Å². The van der Waals surface area contributed by atoms with Crippen LogP contribution >= 0.6 is 11.6 Å². The molecule has 1 amide bonds. The molecule has 7 nitrogen and oxygen atoms in total. The van der Waals surface area contributed by atoms with Crippen LogP contribution in [-0.4, -0.2) is 43.3 Å². The standard InChI is InChI=1S/C19H18ClNO6/c20-15-8-12(9-16-18(15)26-7-6-25-16)4-5-21-19(24)13-2-1-3-14(10-13)27-11-17(22)23/h1-3,8-10H,4-7,11H2,(H,21,24)(H,22,23). The Morgan fingerprint density at radius 2 is 2.00 bits per heavy atom. The van der Waals surface area contributed by atoms with Gasteiger partial charge in [-0.2, -0.15) is 0 Å². The summed E-state index contributed by atoms with van der Waals surface area (Å²) in [7, 11) is 0. The number of fused-ring (bicyclic) bond motifs is 1. The maximum Gasteiger partial charge on any atom is 0.341 e. The predicted molar refractivity (Wildman–Crippen MR) is 98.1 cm³/mol. The van der Waals surface area contributed by atoms with E-state index in [1.54, 1.807) is 24.3 Å². The summed E-state index contributed by atoms with van der Waals surface area (Å²) in [6.07, 6.45) is 0.567. The van der Waals surface area contributed by atoms with E-state index in [1.165, 1.54) is 6.07 Å². The summed E-state index contributed by atoms with van der Waals surface area (Å²) < 4.78 is 16.1. The van der Waals surface area contributed by atoms with Crippen LogP contribution in [-0.2, 0) is 11.2 Å². The fourth-order valence-corrected chi connectivity index (χ4v) is 2.89. The Labute approximate surface area is 160 Å². The minimum absolute atomic E-state index is 0.278. The molecular weight excluding hydrogens is 374 g/mol. The topological polar surface area (TPSA) is 94.1 Å². The highest BCUT2D eigenvalue weighted by Gasteiger charge is 2.16. The SMILES string of the molecule is O=C(O)COc1cccc(C(=O)NCCc2cc(Cl)c3c(c2)OCCO3)c1. The second-order valence-electron chi connectivity index (χ2n) is 5.82. The molecule has 2 N–H and O–H groups in total. The number of halogens is 1. The molecule has 0 unspecified atom stereocenters. The van der Waals surface area contributed by atoms with Gasteiger partial charge in [-0.15, -0.1) is 0 Å². The second kappa shape index (κ2) is 8.64. The van der Waals surface area contributed by atoms with Crippen LogP contribution < -0.4 is 19.5 Å². The highest BCUT2D eigenvalue weighted by molar-refractivity contribution is 6.32. The number of amides is 1. The highest BCUT2D eigenvalue weighted by atomic mass is 35.5. The van der Waals surface area contributed by atoms with E-state index in [4.69, 9.17) is 30.9 Å². The van der Waals surface area contributed by atoms with E-state index in [1.807, 2.05) is 6.07 Å². The van der Waals surface area contributed by atoms with Gasteiger partial charge >= 0.3 is 5.97 Å². The first-order valence-electron chi connectivity index (χ1n) is 8.34. The molecule has 0 radical (unpaired) electrons. The molecule has 0 saturated heterocycles. The van der Waals surface area contributed by atoms with E-state index in [0.717, 1.165) is 5.56 Å². The molecule has 0 bridgehead atoms. The predicted octanol–water partition coefficient (Wildman–Crippen LogP) is 2.55. The molecule has 1 aliphatic rings. The summed E-state index contributed by atoms with van der Waals surface area (Å²) in [6.45, 7) is 0.881. The Bertz CT molecular complexity index is 854. The first kappa shape index (κ1) is 18.8. The molecule has 3 rings (SSSR count). The highest BCUT2D eigenvalue weighted by Crippen LogP contribution is 2.38. The van der Waals surface area contributed by atoms with Gasteiger partial charge in [-0.25, -0.2) is 4.79 Å². The number of aliphatic carboxylic acids is 1. The molecule has 142 valence electrons. The average Bonchev–Trinajstić information content (AvgIpc) is 2.66. The van der Waals surface area contributed by atoms with Gasteiger partial charge in [0.15, 0.2) is 18.1 Å². The summed E-state index contributed by atoms with van der Waals surface area (Å²) in [5.74, 6) is 0.123. The lowest BCUT2D eigenvalue weighted by Crippen LogP contribution is -2.25. The van der Waals surface area contributed by atoms with Gasteiger partial charge in [0.2, 0.25) is 0 Å². The number of carbonyl (C=O) groups is 2. The zero-order chi connectivity index (χ0) is 19.2. The molecule has 1 aliphatic heterocycles. The number of rotatable bonds is 7. The normalized spacial score (nSPS) is 12.3. The van der Waals surface area contributed by atoms with E-state index in [9.17, 15) is 9.59 Å². The quantitative estimate of drug-likeness (QED) is 0.753. The lowest BCUT2D eigenvalue weighted by molar-refractivity contribution is -0.139. The largest absolute Gasteiger partial charge is 0.486 e. The summed E-state index contributed by atoms with van der Waals surface area (Å²) >= 11 is 6.21. The van der Waals surface area contributed by atoms with Crippen molar-refractivity contribution in [1.29, 1.82) is 0 Å². The van der Waals surface area contributed by atoms with Crippen LogP contribution in [0.4, 0.5) is 0 Å². The van der Waals surface area contributed by atoms with Gasteiger partial charge < -0.3 is 24.6 Å².